The van der Waals surface area contributed by atoms with Crippen molar-refractivity contribution in [2.75, 3.05) is 0 Å². The summed E-state index contributed by atoms with van der Waals surface area (Å²) in [5, 5.41) is 8.94. The molecule has 1 aliphatic carbocycles. The van der Waals surface area contributed by atoms with Crippen molar-refractivity contribution in [1.29, 1.82) is 0 Å². The molecular weight excluding hydrogens is 176 g/mol. The van der Waals surface area contributed by atoms with E-state index in [4.69, 9.17) is 5.11 Å². The first-order valence-electron chi connectivity index (χ1n) is 5.76. The van der Waals surface area contributed by atoms with Crippen molar-refractivity contribution in [3.63, 3.8) is 0 Å². The molecule has 0 aromatic carbocycles. The zero-order chi connectivity index (χ0) is 10.6. The lowest BCUT2D eigenvalue weighted by atomic mass is 9.67. The predicted octanol–water partition coefficient (Wildman–Crippen LogP) is 3.46. The zero-order valence-corrected chi connectivity index (χ0v) is 9.38. The third-order valence-electron chi connectivity index (χ3n) is 3.28. The molecule has 0 amide bonds. The van der Waals surface area contributed by atoms with Gasteiger partial charge < -0.3 is 5.11 Å². The molecule has 1 rings (SSSR count). The van der Waals surface area contributed by atoms with Gasteiger partial charge in [0.05, 0.1) is 6.42 Å². The van der Waals surface area contributed by atoms with E-state index in [9.17, 15) is 4.79 Å². The van der Waals surface area contributed by atoms with Crippen molar-refractivity contribution < 1.29 is 9.90 Å². The van der Waals surface area contributed by atoms with Gasteiger partial charge in [-0.15, -0.1) is 0 Å². The molecule has 0 aromatic rings. The van der Waals surface area contributed by atoms with Crippen molar-refractivity contribution in [2.24, 2.45) is 11.3 Å². The first kappa shape index (κ1) is 11.5. The molecule has 1 saturated carbocycles. The molecule has 1 N–H and O–H groups in total. The highest BCUT2D eigenvalue weighted by Gasteiger charge is 2.34. The highest BCUT2D eigenvalue weighted by atomic mass is 16.4. The topological polar surface area (TPSA) is 37.3 Å². The number of carbonyl (C=O) groups is 1. The number of aliphatic carboxylic acids is 1. The van der Waals surface area contributed by atoms with Gasteiger partial charge in [-0.2, -0.15) is 0 Å². The lowest BCUT2D eigenvalue weighted by molar-refractivity contribution is -0.140. The summed E-state index contributed by atoms with van der Waals surface area (Å²) in [6.45, 7) is 4.39. The highest BCUT2D eigenvalue weighted by molar-refractivity contribution is 5.67. The monoisotopic (exact) mass is 198 g/mol. The second kappa shape index (κ2) is 4.81. The van der Waals surface area contributed by atoms with Gasteiger partial charge in [0.25, 0.3) is 0 Å². The van der Waals surface area contributed by atoms with E-state index in [1.54, 1.807) is 0 Å². The fourth-order valence-corrected chi connectivity index (χ4v) is 2.94. The van der Waals surface area contributed by atoms with Crippen molar-refractivity contribution in [3.8, 4) is 0 Å². The normalized spacial score (nSPS) is 21.1. The summed E-state index contributed by atoms with van der Waals surface area (Å²) in [7, 11) is 0. The molecule has 82 valence electrons. The van der Waals surface area contributed by atoms with Crippen LogP contribution in [0.4, 0.5) is 0 Å². The van der Waals surface area contributed by atoms with Gasteiger partial charge in [0.15, 0.2) is 0 Å². The Morgan fingerprint density at radius 2 is 1.86 bits per heavy atom. The second-order valence-electron chi connectivity index (χ2n) is 5.23. The smallest absolute Gasteiger partial charge is 0.303 e. The summed E-state index contributed by atoms with van der Waals surface area (Å²) in [6.07, 6.45) is 7.44. The summed E-state index contributed by atoms with van der Waals surface area (Å²) >= 11 is 0. The molecule has 0 spiro atoms. The highest BCUT2D eigenvalue weighted by Crippen LogP contribution is 2.44. The van der Waals surface area contributed by atoms with Gasteiger partial charge in [-0.1, -0.05) is 33.1 Å². The van der Waals surface area contributed by atoms with Crippen molar-refractivity contribution in [3.05, 3.63) is 0 Å². The van der Waals surface area contributed by atoms with Gasteiger partial charge in [0.2, 0.25) is 0 Å². The van der Waals surface area contributed by atoms with Crippen LogP contribution >= 0.6 is 0 Å². The summed E-state index contributed by atoms with van der Waals surface area (Å²) in [5.74, 6) is 0.000000000000000444. The maximum Gasteiger partial charge on any atom is 0.303 e. The Morgan fingerprint density at radius 3 is 2.29 bits per heavy atom. The molecule has 0 aromatic heterocycles. The third kappa shape index (κ3) is 3.32. The summed E-state index contributed by atoms with van der Waals surface area (Å²) in [5.41, 5.74) is 0.123. The van der Waals surface area contributed by atoms with Gasteiger partial charge in [-0.3, -0.25) is 4.79 Å². The maximum absolute atomic E-state index is 10.9. The average molecular weight is 198 g/mol. The van der Waals surface area contributed by atoms with E-state index in [1.165, 1.54) is 19.3 Å². The van der Waals surface area contributed by atoms with Crippen molar-refractivity contribution in [2.45, 2.75) is 58.8 Å². The second-order valence-corrected chi connectivity index (χ2v) is 5.23. The first-order chi connectivity index (χ1) is 6.54. The lowest BCUT2D eigenvalue weighted by Crippen LogP contribution is -2.28. The van der Waals surface area contributed by atoms with E-state index in [0.717, 1.165) is 19.3 Å². The largest absolute Gasteiger partial charge is 0.481 e. The number of hydrogen-bond donors (Lipinski definition) is 1. The molecule has 0 aliphatic heterocycles. The Hall–Kier alpha value is -0.530. The number of rotatable bonds is 4. The third-order valence-corrected chi connectivity index (χ3v) is 3.28. The van der Waals surface area contributed by atoms with Gasteiger partial charge in [-0.25, -0.2) is 0 Å². The Labute approximate surface area is 86.7 Å². The fourth-order valence-electron chi connectivity index (χ4n) is 2.94. The molecule has 0 saturated heterocycles. The van der Waals surface area contributed by atoms with Crippen LogP contribution in [-0.4, -0.2) is 11.1 Å². The molecule has 2 nitrogen and oxygen atoms in total. The summed E-state index contributed by atoms with van der Waals surface area (Å²) in [4.78, 5) is 10.9. The zero-order valence-electron chi connectivity index (χ0n) is 9.38. The van der Waals surface area contributed by atoms with Gasteiger partial charge in [0, 0.05) is 0 Å². The van der Waals surface area contributed by atoms with Crippen molar-refractivity contribution >= 4 is 5.97 Å². The Morgan fingerprint density at radius 1 is 1.29 bits per heavy atom. The molecule has 1 fully saturated rings. The molecule has 0 bridgehead atoms. The van der Waals surface area contributed by atoms with Crippen LogP contribution in [0.5, 0.6) is 0 Å². The standard InChI is InChI=1S/C12H22O2/c1-10(2)8-12(9-11(13)14)6-4-3-5-7-12/h10H,3-9H2,1-2H3,(H,13,14). The number of hydrogen-bond acceptors (Lipinski definition) is 1. The van der Waals surface area contributed by atoms with Gasteiger partial charge >= 0.3 is 5.97 Å². The summed E-state index contributed by atoms with van der Waals surface area (Å²) < 4.78 is 0. The lowest BCUT2D eigenvalue weighted by Gasteiger charge is -2.37. The number of carboxylic acid groups (broad SMARTS) is 1. The van der Waals surface area contributed by atoms with E-state index >= 15 is 0 Å². The van der Waals surface area contributed by atoms with Crippen LogP contribution in [0.15, 0.2) is 0 Å². The van der Waals surface area contributed by atoms with Crippen LogP contribution in [0.25, 0.3) is 0 Å². The molecule has 0 atom stereocenters. The minimum atomic E-state index is -0.618. The Balaban J connectivity index is 2.61. The van der Waals surface area contributed by atoms with Gasteiger partial charge in [-0.05, 0) is 30.6 Å². The van der Waals surface area contributed by atoms with Crippen LogP contribution in [0.3, 0.4) is 0 Å². The first-order valence-corrected chi connectivity index (χ1v) is 5.76. The average Bonchev–Trinajstić information content (AvgIpc) is 2.01. The molecule has 14 heavy (non-hydrogen) atoms. The van der Waals surface area contributed by atoms with E-state index < -0.39 is 5.97 Å². The molecule has 0 heterocycles. The fraction of sp³-hybridized carbons (Fsp3) is 0.917. The van der Waals surface area contributed by atoms with Crippen LogP contribution in [0, 0.1) is 11.3 Å². The van der Waals surface area contributed by atoms with E-state index in [1.807, 2.05) is 0 Å². The van der Waals surface area contributed by atoms with Crippen LogP contribution < -0.4 is 0 Å². The predicted molar refractivity (Wildman–Crippen MR) is 57.2 cm³/mol. The molecule has 0 radical (unpaired) electrons. The summed E-state index contributed by atoms with van der Waals surface area (Å²) in [6, 6.07) is 0. The molecule has 1 aliphatic rings. The Bertz CT molecular complexity index is 190. The Kier molecular flexibility index (Phi) is 3.97. The van der Waals surface area contributed by atoms with E-state index in [2.05, 4.69) is 13.8 Å². The van der Waals surface area contributed by atoms with Crippen LogP contribution in [-0.2, 0) is 4.79 Å². The minimum absolute atomic E-state index is 0.123. The van der Waals surface area contributed by atoms with Crippen LogP contribution in [0.1, 0.15) is 58.8 Å². The van der Waals surface area contributed by atoms with E-state index in [0.29, 0.717) is 12.3 Å². The maximum atomic E-state index is 10.9. The van der Waals surface area contributed by atoms with E-state index in [-0.39, 0.29) is 5.41 Å². The molecule has 0 unspecified atom stereocenters. The molecule has 2 heteroatoms. The van der Waals surface area contributed by atoms with Crippen LogP contribution in [0.2, 0.25) is 0 Å². The SMILES string of the molecule is CC(C)CC1(CC(=O)O)CCCCC1. The van der Waals surface area contributed by atoms with Crippen molar-refractivity contribution in [1.82, 2.24) is 0 Å². The van der Waals surface area contributed by atoms with Gasteiger partial charge in [0.1, 0.15) is 0 Å². The quantitative estimate of drug-likeness (QED) is 0.751. The molecular formula is C12H22O2. The minimum Gasteiger partial charge on any atom is -0.481 e. The number of carboxylic acids is 1.